The van der Waals surface area contributed by atoms with Gasteiger partial charge in [0.2, 0.25) is 0 Å². The first-order chi connectivity index (χ1) is 11.4. The van der Waals surface area contributed by atoms with Crippen LogP contribution in [0.4, 0.5) is 0 Å². The standard InChI is InChI=1S/C20H18O4/c1-13(19(21)22)11-15-7-3-5-9-17(15)18-10-6-4-8-16(18)12-14(2)20(23)24/h3-10H,1-2,11-12H2,(H,21,22)(H,23,24). The van der Waals surface area contributed by atoms with Crippen molar-refractivity contribution in [2.45, 2.75) is 12.8 Å². The fourth-order valence-corrected chi connectivity index (χ4v) is 2.49. The SMILES string of the molecule is C=C(Cc1ccccc1-c1ccccc1CC(=C)C(=O)O)C(=O)O. The molecule has 0 aliphatic carbocycles. The summed E-state index contributed by atoms with van der Waals surface area (Å²) in [5, 5.41) is 18.1. The highest BCUT2D eigenvalue weighted by Crippen LogP contribution is 2.29. The van der Waals surface area contributed by atoms with E-state index in [1.165, 1.54) is 0 Å². The van der Waals surface area contributed by atoms with Crippen molar-refractivity contribution in [3.05, 3.63) is 84.0 Å². The summed E-state index contributed by atoms with van der Waals surface area (Å²) in [4.78, 5) is 22.1. The number of benzene rings is 2. The molecule has 0 atom stereocenters. The van der Waals surface area contributed by atoms with Gasteiger partial charge in [-0.2, -0.15) is 0 Å². The largest absolute Gasteiger partial charge is 0.478 e. The first-order valence-corrected chi connectivity index (χ1v) is 7.38. The second-order valence-corrected chi connectivity index (χ2v) is 5.49. The normalized spacial score (nSPS) is 10.2. The molecule has 0 bridgehead atoms. The Balaban J connectivity index is 2.46. The number of carboxylic acids is 2. The quantitative estimate of drug-likeness (QED) is 0.762. The van der Waals surface area contributed by atoms with E-state index in [1.807, 2.05) is 48.5 Å². The van der Waals surface area contributed by atoms with Crippen LogP contribution in [0.5, 0.6) is 0 Å². The van der Waals surface area contributed by atoms with E-state index < -0.39 is 11.9 Å². The lowest BCUT2D eigenvalue weighted by atomic mass is 9.90. The molecular formula is C20H18O4. The zero-order valence-electron chi connectivity index (χ0n) is 13.2. The molecule has 24 heavy (non-hydrogen) atoms. The molecule has 0 fully saturated rings. The second kappa shape index (κ2) is 7.42. The molecular weight excluding hydrogens is 304 g/mol. The monoisotopic (exact) mass is 322 g/mol. The highest BCUT2D eigenvalue weighted by atomic mass is 16.4. The van der Waals surface area contributed by atoms with Crippen LogP contribution in [0.2, 0.25) is 0 Å². The molecule has 0 unspecified atom stereocenters. The van der Waals surface area contributed by atoms with Crippen LogP contribution in [0.15, 0.2) is 72.8 Å². The van der Waals surface area contributed by atoms with Gasteiger partial charge in [-0.15, -0.1) is 0 Å². The van der Waals surface area contributed by atoms with Gasteiger partial charge >= 0.3 is 11.9 Å². The number of carbonyl (C=O) groups is 2. The fourth-order valence-electron chi connectivity index (χ4n) is 2.49. The predicted molar refractivity (Wildman–Crippen MR) is 92.8 cm³/mol. The molecule has 0 radical (unpaired) electrons. The van der Waals surface area contributed by atoms with E-state index in [0.29, 0.717) is 0 Å². The average molecular weight is 322 g/mol. The molecule has 0 spiro atoms. The van der Waals surface area contributed by atoms with Gasteiger partial charge < -0.3 is 10.2 Å². The van der Waals surface area contributed by atoms with Crippen molar-refractivity contribution in [2.24, 2.45) is 0 Å². The minimum Gasteiger partial charge on any atom is -0.478 e. The van der Waals surface area contributed by atoms with Gasteiger partial charge in [0.1, 0.15) is 0 Å². The molecule has 2 aromatic carbocycles. The summed E-state index contributed by atoms with van der Waals surface area (Å²) in [7, 11) is 0. The molecule has 2 rings (SSSR count). The zero-order chi connectivity index (χ0) is 17.7. The van der Waals surface area contributed by atoms with Crippen LogP contribution >= 0.6 is 0 Å². The van der Waals surface area contributed by atoms with Crippen molar-refractivity contribution < 1.29 is 19.8 Å². The van der Waals surface area contributed by atoms with E-state index >= 15 is 0 Å². The smallest absolute Gasteiger partial charge is 0.331 e. The fraction of sp³-hybridized carbons (Fsp3) is 0.100. The van der Waals surface area contributed by atoms with Crippen LogP contribution < -0.4 is 0 Å². The Morgan fingerprint density at radius 3 is 1.38 bits per heavy atom. The molecule has 0 aliphatic rings. The van der Waals surface area contributed by atoms with Gasteiger partial charge in [0.15, 0.2) is 0 Å². The summed E-state index contributed by atoms with van der Waals surface area (Å²) in [6.45, 7) is 7.17. The van der Waals surface area contributed by atoms with E-state index in [1.54, 1.807) is 0 Å². The Morgan fingerprint density at radius 2 is 1.04 bits per heavy atom. The minimum atomic E-state index is -1.03. The molecule has 0 amide bonds. The molecule has 0 aliphatic heterocycles. The molecule has 0 aromatic heterocycles. The van der Waals surface area contributed by atoms with E-state index in [9.17, 15) is 9.59 Å². The lowest BCUT2D eigenvalue weighted by molar-refractivity contribution is -0.133. The molecule has 2 N–H and O–H groups in total. The Bertz CT molecular complexity index is 748. The van der Waals surface area contributed by atoms with Crippen molar-refractivity contribution in [1.29, 1.82) is 0 Å². The minimum absolute atomic E-state index is 0.106. The summed E-state index contributed by atoms with van der Waals surface area (Å²) in [5.41, 5.74) is 3.61. The van der Waals surface area contributed by atoms with Crippen molar-refractivity contribution in [3.63, 3.8) is 0 Å². The summed E-state index contributed by atoms with van der Waals surface area (Å²) < 4.78 is 0. The third-order valence-corrected chi connectivity index (χ3v) is 3.74. The van der Waals surface area contributed by atoms with Crippen molar-refractivity contribution >= 4 is 11.9 Å². The third-order valence-electron chi connectivity index (χ3n) is 3.74. The van der Waals surface area contributed by atoms with Crippen LogP contribution in [0.3, 0.4) is 0 Å². The summed E-state index contributed by atoms with van der Waals surface area (Å²) >= 11 is 0. The highest BCUT2D eigenvalue weighted by Gasteiger charge is 2.14. The topological polar surface area (TPSA) is 74.6 Å². The number of aliphatic carboxylic acids is 2. The van der Waals surface area contributed by atoms with Gasteiger partial charge in [-0.1, -0.05) is 61.7 Å². The average Bonchev–Trinajstić information content (AvgIpc) is 2.55. The van der Waals surface area contributed by atoms with Crippen LogP contribution in [0, 0.1) is 0 Å². The van der Waals surface area contributed by atoms with Crippen molar-refractivity contribution in [2.75, 3.05) is 0 Å². The lowest BCUT2D eigenvalue weighted by Gasteiger charge is -2.14. The van der Waals surface area contributed by atoms with Crippen LogP contribution in [0.1, 0.15) is 11.1 Å². The zero-order valence-corrected chi connectivity index (χ0v) is 13.2. The first kappa shape index (κ1) is 17.2. The molecule has 0 saturated carbocycles. The Kier molecular flexibility index (Phi) is 5.32. The number of hydrogen-bond acceptors (Lipinski definition) is 2. The lowest BCUT2D eigenvalue weighted by Crippen LogP contribution is -2.05. The van der Waals surface area contributed by atoms with Crippen molar-refractivity contribution in [3.8, 4) is 11.1 Å². The third kappa shape index (κ3) is 3.98. The molecule has 122 valence electrons. The van der Waals surface area contributed by atoms with Gasteiger partial charge in [0, 0.05) is 24.0 Å². The molecule has 0 saturated heterocycles. The number of hydrogen-bond donors (Lipinski definition) is 2. The van der Waals surface area contributed by atoms with Gasteiger partial charge in [0.05, 0.1) is 0 Å². The second-order valence-electron chi connectivity index (χ2n) is 5.49. The van der Waals surface area contributed by atoms with Gasteiger partial charge in [-0.25, -0.2) is 9.59 Å². The van der Waals surface area contributed by atoms with Gasteiger partial charge in [-0.05, 0) is 22.3 Å². The molecule has 2 aromatic rings. The summed E-state index contributed by atoms with van der Waals surface area (Å²) in [6, 6.07) is 14.9. The van der Waals surface area contributed by atoms with Crippen LogP contribution in [-0.2, 0) is 22.4 Å². The van der Waals surface area contributed by atoms with Crippen LogP contribution in [0.25, 0.3) is 11.1 Å². The van der Waals surface area contributed by atoms with Gasteiger partial charge in [-0.3, -0.25) is 0 Å². The van der Waals surface area contributed by atoms with E-state index in [-0.39, 0.29) is 24.0 Å². The molecule has 0 heterocycles. The summed E-state index contributed by atoms with van der Waals surface area (Å²) in [5.74, 6) is -2.06. The Morgan fingerprint density at radius 1 is 0.708 bits per heavy atom. The maximum absolute atomic E-state index is 11.1. The van der Waals surface area contributed by atoms with Gasteiger partial charge in [0.25, 0.3) is 0 Å². The highest BCUT2D eigenvalue weighted by molar-refractivity contribution is 5.88. The number of carboxylic acid groups (broad SMARTS) is 2. The van der Waals surface area contributed by atoms with Crippen molar-refractivity contribution in [1.82, 2.24) is 0 Å². The maximum atomic E-state index is 11.1. The number of rotatable bonds is 7. The van der Waals surface area contributed by atoms with E-state index in [2.05, 4.69) is 13.2 Å². The first-order valence-electron chi connectivity index (χ1n) is 7.38. The maximum Gasteiger partial charge on any atom is 0.331 e. The summed E-state index contributed by atoms with van der Waals surface area (Å²) in [6.07, 6.45) is 0.444. The van der Waals surface area contributed by atoms with Crippen LogP contribution in [-0.4, -0.2) is 22.2 Å². The van der Waals surface area contributed by atoms with E-state index in [0.717, 1.165) is 22.3 Å². The molecule has 4 heteroatoms. The molecule has 4 nitrogen and oxygen atoms in total. The predicted octanol–water partition coefficient (Wildman–Crippen LogP) is 3.72. The Hall–Kier alpha value is -3.14. The van der Waals surface area contributed by atoms with E-state index in [4.69, 9.17) is 10.2 Å². The Labute approximate surface area is 140 Å².